The summed E-state index contributed by atoms with van der Waals surface area (Å²) < 4.78 is 0. The quantitative estimate of drug-likeness (QED) is 0.725. The van der Waals surface area contributed by atoms with Crippen molar-refractivity contribution < 1.29 is 5.11 Å². The maximum Gasteiger partial charge on any atom is 0.0471 e. The van der Waals surface area contributed by atoms with Crippen LogP contribution in [0.25, 0.3) is 0 Å². The number of thiophene rings is 1. The number of aliphatic hydroxyl groups excluding tert-OH is 1. The SMILES string of the molecule is CC(C)Cc1ccc(CNCCN2CCCC(CO)C2)s1. The molecule has 0 radical (unpaired) electrons. The highest BCUT2D eigenvalue weighted by molar-refractivity contribution is 7.11. The first-order valence-corrected chi connectivity index (χ1v) is 9.10. The Morgan fingerprint density at radius 2 is 2.19 bits per heavy atom. The van der Waals surface area contributed by atoms with Crippen LogP contribution in [0.3, 0.4) is 0 Å². The largest absolute Gasteiger partial charge is 0.396 e. The van der Waals surface area contributed by atoms with Gasteiger partial charge in [0.15, 0.2) is 0 Å². The Labute approximate surface area is 133 Å². The molecule has 1 aliphatic heterocycles. The summed E-state index contributed by atoms with van der Waals surface area (Å²) in [4.78, 5) is 5.43. The van der Waals surface area contributed by atoms with Crippen molar-refractivity contribution in [2.24, 2.45) is 11.8 Å². The first kappa shape index (κ1) is 16.9. The first-order valence-electron chi connectivity index (χ1n) is 8.29. The summed E-state index contributed by atoms with van der Waals surface area (Å²) in [5.74, 6) is 1.23. The van der Waals surface area contributed by atoms with Crippen molar-refractivity contribution in [2.45, 2.75) is 39.7 Å². The number of rotatable bonds is 8. The Morgan fingerprint density at radius 3 is 2.95 bits per heavy atom. The molecule has 4 heteroatoms. The van der Waals surface area contributed by atoms with Crippen LogP contribution in [0.5, 0.6) is 0 Å². The maximum atomic E-state index is 9.25. The van der Waals surface area contributed by atoms with E-state index in [1.807, 2.05) is 11.3 Å². The molecule has 1 aliphatic rings. The zero-order chi connectivity index (χ0) is 15.1. The predicted octanol–water partition coefficient (Wildman–Crippen LogP) is 2.74. The van der Waals surface area contributed by atoms with Crippen LogP contribution in [0.4, 0.5) is 0 Å². The van der Waals surface area contributed by atoms with Gasteiger partial charge >= 0.3 is 0 Å². The van der Waals surface area contributed by atoms with Crippen molar-refractivity contribution >= 4 is 11.3 Å². The van der Waals surface area contributed by atoms with Gasteiger partial charge in [-0.2, -0.15) is 0 Å². The molecule has 2 heterocycles. The highest BCUT2D eigenvalue weighted by Crippen LogP contribution is 2.19. The summed E-state index contributed by atoms with van der Waals surface area (Å²) in [5.41, 5.74) is 0. The molecule has 1 aromatic heterocycles. The van der Waals surface area contributed by atoms with E-state index in [9.17, 15) is 5.11 Å². The van der Waals surface area contributed by atoms with E-state index >= 15 is 0 Å². The fourth-order valence-corrected chi connectivity index (χ4v) is 4.18. The van der Waals surface area contributed by atoms with Gasteiger partial charge < -0.3 is 15.3 Å². The van der Waals surface area contributed by atoms with Crippen molar-refractivity contribution in [3.63, 3.8) is 0 Å². The Bertz CT molecular complexity index is 405. The Morgan fingerprint density at radius 1 is 1.38 bits per heavy atom. The number of likely N-dealkylation sites (tertiary alicyclic amines) is 1. The Hall–Kier alpha value is -0.420. The molecule has 0 aromatic carbocycles. The minimum Gasteiger partial charge on any atom is -0.396 e. The molecule has 0 amide bonds. The number of aliphatic hydroxyl groups is 1. The van der Waals surface area contributed by atoms with Crippen LogP contribution in [0.15, 0.2) is 12.1 Å². The van der Waals surface area contributed by atoms with Crippen LogP contribution in [-0.2, 0) is 13.0 Å². The van der Waals surface area contributed by atoms with E-state index in [1.54, 1.807) is 0 Å². The average Bonchev–Trinajstić information content (AvgIpc) is 2.90. The van der Waals surface area contributed by atoms with Crippen molar-refractivity contribution in [3.05, 3.63) is 21.9 Å². The lowest BCUT2D eigenvalue weighted by molar-refractivity contribution is 0.121. The molecule has 0 bridgehead atoms. The van der Waals surface area contributed by atoms with Gasteiger partial charge in [0.25, 0.3) is 0 Å². The third-order valence-corrected chi connectivity index (χ3v) is 5.20. The lowest BCUT2D eigenvalue weighted by atomic mass is 9.99. The van der Waals surface area contributed by atoms with Gasteiger partial charge in [-0.05, 0) is 49.8 Å². The highest BCUT2D eigenvalue weighted by Gasteiger charge is 2.18. The maximum absolute atomic E-state index is 9.25. The van der Waals surface area contributed by atoms with Crippen molar-refractivity contribution in [3.8, 4) is 0 Å². The third-order valence-electron chi connectivity index (χ3n) is 4.09. The Balaban J connectivity index is 1.62. The lowest BCUT2D eigenvalue weighted by Gasteiger charge is -2.31. The molecule has 2 N–H and O–H groups in total. The first-order chi connectivity index (χ1) is 10.2. The highest BCUT2D eigenvalue weighted by atomic mass is 32.1. The van der Waals surface area contributed by atoms with Crippen LogP contribution in [-0.4, -0.2) is 42.8 Å². The van der Waals surface area contributed by atoms with Gasteiger partial charge in [0, 0.05) is 42.5 Å². The smallest absolute Gasteiger partial charge is 0.0471 e. The zero-order valence-corrected chi connectivity index (χ0v) is 14.3. The van der Waals surface area contributed by atoms with Gasteiger partial charge in [0.2, 0.25) is 0 Å². The average molecular weight is 311 g/mol. The number of nitrogens with zero attached hydrogens (tertiary/aromatic N) is 1. The van der Waals surface area contributed by atoms with E-state index in [0.717, 1.165) is 32.1 Å². The molecule has 21 heavy (non-hydrogen) atoms. The van der Waals surface area contributed by atoms with Gasteiger partial charge in [0.05, 0.1) is 0 Å². The van der Waals surface area contributed by atoms with E-state index in [2.05, 4.69) is 36.2 Å². The second-order valence-corrected chi connectivity index (χ2v) is 7.89. The molecular formula is C17H30N2OS. The molecule has 120 valence electrons. The molecule has 0 aliphatic carbocycles. The molecular weight excluding hydrogens is 280 g/mol. The summed E-state index contributed by atoms with van der Waals surface area (Å²) in [6.45, 7) is 10.3. The fraction of sp³-hybridized carbons (Fsp3) is 0.765. The Kier molecular flexibility index (Phi) is 7.17. The van der Waals surface area contributed by atoms with Crippen molar-refractivity contribution in [1.29, 1.82) is 0 Å². The van der Waals surface area contributed by atoms with Gasteiger partial charge in [-0.3, -0.25) is 0 Å². The molecule has 1 fully saturated rings. The molecule has 1 saturated heterocycles. The normalized spacial score (nSPS) is 20.3. The monoisotopic (exact) mass is 310 g/mol. The summed E-state index contributed by atoms with van der Waals surface area (Å²) in [6, 6.07) is 4.54. The van der Waals surface area contributed by atoms with Crippen molar-refractivity contribution in [1.82, 2.24) is 10.2 Å². The van der Waals surface area contributed by atoms with Crippen LogP contribution in [0, 0.1) is 11.8 Å². The van der Waals surface area contributed by atoms with E-state index in [1.165, 1.54) is 35.6 Å². The number of nitrogens with one attached hydrogen (secondary N) is 1. The van der Waals surface area contributed by atoms with Crippen LogP contribution in [0.2, 0.25) is 0 Å². The van der Waals surface area contributed by atoms with Gasteiger partial charge in [-0.1, -0.05) is 13.8 Å². The standard InChI is InChI=1S/C17H30N2OS/c1-14(2)10-16-5-6-17(21-16)11-18-7-9-19-8-3-4-15(12-19)13-20/h5-6,14-15,18,20H,3-4,7-13H2,1-2H3. The minimum absolute atomic E-state index is 0.345. The second kappa shape index (κ2) is 8.89. The van der Waals surface area contributed by atoms with Crippen LogP contribution >= 0.6 is 11.3 Å². The summed E-state index contributed by atoms with van der Waals surface area (Å²) in [5, 5.41) is 12.8. The zero-order valence-electron chi connectivity index (χ0n) is 13.5. The lowest BCUT2D eigenvalue weighted by Crippen LogP contribution is -2.40. The number of hydrogen-bond donors (Lipinski definition) is 2. The minimum atomic E-state index is 0.345. The molecule has 1 atom stereocenters. The van der Waals surface area contributed by atoms with E-state index in [4.69, 9.17) is 0 Å². The second-order valence-electron chi connectivity index (χ2n) is 6.63. The predicted molar refractivity (Wildman–Crippen MR) is 90.8 cm³/mol. The molecule has 1 aromatic rings. The van der Waals surface area contributed by atoms with Gasteiger partial charge in [-0.25, -0.2) is 0 Å². The van der Waals surface area contributed by atoms with E-state index in [0.29, 0.717) is 12.5 Å². The van der Waals surface area contributed by atoms with E-state index in [-0.39, 0.29) is 0 Å². The van der Waals surface area contributed by atoms with Crippen LogP contribution in [0.1, 0.15) is 36.4 Å². The molecule has 3 nitrogen and oxygen atoms in total. The fourth-order valence-electron chi connectivity index (χ4n) is 2.98. The molecule has 2 rings (SSSR count). The number of hydrogen-bond acceptors (Lipinski definition) is 4. The summed E-state index contributed by atoms with van der Waals surface area (Å²) >= 11 is 1.94. The molecule has 1 unspecified atom stereocenters. The van der Waals surface area contributed by atoms with E-state index < -0.39 is 0 Å². The van der Waals surface area contributed by atoms with Gasteiger partial charge in [0.1, 0.15) is 0 Å². The third kappa shape index (κ3) is 6.07. The number of piperidine rings is 1. The molecule has 0 spiro atoms. The summed E-state index contributed by atoms with van der Waals surface area (Å²) in [6.07, 6.45) is 3.62. The van der Waals surface area contributed by atoms with Crippen LogP contribution < -0.4 is 5.32 Å². The summed E-state index contributed by atoms with van der Waals surface area (Å²) in [7, 11) is 0. The van der Waals surface area contributed by atoms with Crippen molar-refractivity contribution in [2.75, 3.05) is 32.8 Å². The topological polar surface area (TPSA) is 35.5 Å². The molecule has 0 saturated carbocycles. The van der Waals surface area contributed by atoms with Gasteiger partial charge in [-0.15, -0.1) is 11.3 Å².